The summed E-state index contributed by atoms with van der Waals surface area (Å²) in [7, 11) is 0. The molecule has 3 amide bonds. The number of carboxylic acid groups (broad SMARTS) is 1. The first-order valence-electron chi connectivity index (χ1n) is 16.0. The minimum Gasteiger partial charge on any atom is -0.480 e. The minimum absolute atomic E-state index is 0.00812. The summed E-state index contributed by atoms with van der Waals surface area (Å²) in [5.41, 5.74) is 0.773. The lowest BCUT2D eigenvalue weighted by Crippen LogP contribution is -2.43. The second kappa shape index (κ2) is 26.3. The Morgan fingerprint density at radius 1 is 0.727 bits per heavy atom. The van der Waals surface area contributed by atoms with E-state index in [2.05, 4.69) is 29.8 Å². The molecule has 0 fully saturated rings. The van der Waals surface area contributed by atoms with Crippen LogP contribution in [0.1, 0.15) is 96.5 Å². The molecule has 0 aliphatic heterocycles. The number of ether oxygens (including phenoxy) is 3. The highest BCUT2D eigenvalue weighted by Crippen LogP contribution is 2.11. The summed E-state index contributed by atoms with van der Waals surface area (Å²) in [4.78, 5) is 48.6. The van der Waals surface area contributed by atoms with Crippen LogP contribution in [0.2, 0.25) is 0 Å². The molecular formula is C32H53N3O8S. The number of alkyl carbamates (subject to hydrolysis) is 3. The first-order chi connectivity index (χ1) is 21.3. The Labute approximate surface area is 266 Å². The van der Waals surface area contributed by atoms with Gasteiger partial charge >= 0.3 is 24.2 Å². The molecule has 1 aromatic rings. The average molecular weight is 640 g/mol. The van der Waals surface area contributed by atoms with Crippen LogP contribution < -0.4 is 16.0 Å². The summed E-state index contributed by atoms with van der Waals surface area (Å²) in [6, 6.07) is 7.81. The van der Waals surface area contributed by atoms with Gasteiger partial charge < -0.3 is 35.3 Å². The van der Waals surface area contributed by atoms with Crippen LogP contribution in [0.4, 0.5) is 14.4 Å². The number of hydrogen-bond acceptors (Lipinski definition) is 8. The second-order valence-electron chi connectivity index (χ2n) is 10.6. The number of carbonyl (C=O) groups excluding carboxylic acids is 3. The normalized spacial score (nSPS) is 12.0. The SMILES string of the molecule is CCCCCCCCNC(=O)OC[C@H](CSCC(NC(=O)OCc1ccccc1)C(=O)O)OC(=O)NCCCCCCCC. The van der Waals surface area contributed by atoms with Crippen molar-refractivity contribution in [1.29, 1.82) is 0 Å². The van der Waals surface area contributed by atoms with Crippen molar-refractivity contribution in [2.75, 3.05) is 31.2 Å². The van der Waals surface area contributed by atoms with E-state index in [0.717, 1.165) is 55.9 Å². The predicted octanol–water partition coefficient (Wildman–Crippen LogP) is 6.64. The molecule has 1 unspecified atom stereocenters. The van der Waals surface area contributed by atoms with Crippen molar-refractivity contribution in [1.82, 2.24) is 16.0 Å². The van der Waals surface area contributed by atoms with Crippen LogP contribution >= 0.6 is 11.8 Å². The number of amides is 3. The third-order valence-corrected chi connectivity index (χ3v) is 7.84. The van der Waals surface area contributed by atoms with Crippen LogP contribution in [-0.2, 0) is 25.6 Å². The molecule has 0 saturated heterocycles. The van der Waals surface area contributed by atoms with Gasteiger partial charge in [-0.05, 0) is 18.4 Å². The lowest BCUT2D eigenvalue weighted by atomic mass is 10.1. The van der Waals surface area contributed by atoms with E-state index >= 15 is 0 Å². The number of aliphatic carboxylic acids is 1. The topological polar surface area (TPSA) is 152 Å². The highest BCUT2D eigenvalue weighted by Gasteiger charge is 2.23. The van der Waals surface area contributed by atoms with E-state index in [9.17, 15) is 24.3 Å². The lowest BCUT2D eigenvalue weighted by molar-refractivity contribution is -0.138. The Hall–Kier alpha value is -3.15. The molecule has 0 heterocycles. The summed E-state index contributed by atoms with van der Waals surface area (Å²) >= 11 is 1.15. The Balaban J connectivity index is 2.52. The first kappa shape index (κ1) is 38.9. The molecule has 1 aromatic carbocycles. The summed E-state index contributed by atoms with van der Waals surface area (Å²) in [6.07, 6.45) is 10.2. The maximum Gasteiger partial charge on any atom is 0.408 e. The van der Waals surface area contributed by atoms with Gasteiger partial charge in [0.05, 0.1) is 0 Å². The molecular weight excluding hydrogens is 586 g/mol. The van der Waals surface area contributed by atoms with Crippen LogP contribution in [0.25, 0.3) is 0 Å². The number of carbonyl (C=O) groups is 4. The van der Waals surface area contributed by atoms with E-state index in [0.29, 0.717) is 13.1 Å². The molecule has 250 valence electrons. The molecule has 0 saturated carbocycles. The van der Waals surface area contributed by atoms with Crippen molar-refractivity contribution < 1.29 is 38.5 Å². The van der Waals surface area contributed by atoms with Gasteiger partial charge in [0.15, 0.2) is 0 Å². The van der Waals surface area contributed by atoms with Crippen molar-refractivity contribution in [2.45, 2.75) is 110 Å². The molecule has 2 atom stereocenters. The fourth-order valence-electron chi connectivity index (χ4n) is 4.12. The van der Waals surface area contributed by atoms with Gasteiger partial charge in [0.25, 0.3) is 0 Å². The number of hydrogen-bond donors (Lipinski definition) is 4. The summed E-state index contributed by atoms with van der Waals surface area (Å²) in [6.45, 7) is 5.11. The van der Waals surface area contributed by atoms with Crippen LogP contribution in [0.15, 0.2) is 30.3 Å². The number of benzene rings is 1. The Morgan fingerprint density at radius 2 is 1.30 bits per heavy atom. The van der Waals surface area contributed by atoms with Crippen LogP contribution in [0.3, 0.4) is 0 Å². The first-order valence-corrected chi connectivity index (χ1v) is 17.1. The van der Waals surface area contributed by atoms with E-state index in [1.807, 2.05) is 18.2 Å². The number of rotatable bonds is 25. The summed E-state index contributed by atoms with van der Waals surface area (Å²) in [5.74, 6) is -1.09. The largest absolute Gasteiger partial charge is 0.480 e. The summed E-state index contributed by atoms with van der Waals surface area (Å²) in [5, 5.41) is 17.4. The standard InChI is InChI=1S/C32H53N3O8S/c1-3-5-7-9-11-16-20-33-30(38)42-23-27(43-31(39)34-21-17-12-10-8-6-4-2)24-44-25-28(29(36)37)35-32(40)41-22-26-18-14-13-15-19-26/h13-15,18-19,27-28H,3-12,16-17,20-25H2,1-2H3,(H,33,38)(H,34,39)(H,35,40)(H,36,37)/t27-,28?/m1/s1. The van der Waals surface area contributed by atoms with Crippen molar-refractivity contribution >= 4 is 36.0 Å². The quantitative estimate of drug-likeness (QED) is 0.0681. The number of thioether (sulfide) groups is 1. The average Bonchev–Trinajstić information content (AvgIpc) is 3.01. The van der Waals surface area contributed by atoms with Gasteiger partial charge in [-0.25, -0.2) is 19.2 Å². The van der Waals surface area contributed by atoms with Crippen molar-refractivity contribution in [3.8, 4) is 0 Å². The van der Waals surface area contributed by atoms with Crippen molar-refractivity contribution in [3.05, 3.63) is 35.9 Å². The van der Waals surface area contributed by atoms with Crippen molar-refractivity contribution in [3.63, 3.8) is 0 Å². The van der Waals surface area contributed by atoms with Gasteiger partial charge in [0, 0.05) is 24.6 Å². The van der Waals surface area contributed by atoms with Gasteiger partial charge in [-0.2, -0.15) is 11.8 Å². The molecule has 0 aliphatic carbocycles. The monoisotopic (exact) mass is 639 g/mol. The van der Waals surface area contributed by atoms with Gasteiger partial charge in [0.1, 0.15) is 25.4 Å². The van der Waals surface area contributed by atoms with Crippen LogP contribution in [0, 0.1) is 0 Å². The minimum atomic E-state index is -1.23. The number of carboxylic acids is 1. The van der Waals surface area contributed by atoms with E-state index in [-0.39, 0.29) is 24.7 Å². The maximum absolute atomic E-state index is 12.4. The smallest absolute Gasteiger partial charge is 0.408 e. The second-order valence-corrected chi connectivity index (χ2v) is 11.7. The van der Waals surface area contributed by atoms with E-state index in [1.165, 1.54) is 38.5 Å². The predicted molar refractivity (Wildman–Crippen MR) is 173 cm³/mol. The Kier molecular flexibility index (Phi) is 23.2. The lowest BCUT2D eigenvalue weighted by Gasteiger charge is -2.20. The molecule has 0 radical (unpaired) electrons. The fraction of sp³-hybridized carbons (Fsp3) is 0.688. The highest BCUT2D eigenvalue weighted by molar-refractivity contribution is 7.99. The molecule has 44 heavy (non-hydrogen) atoms. The highest BCUT2D eigenvalue weighted by atomic mass is 32.2. The van der Waals surface area contributed by atoms with Gasteiger partial charge in [0.2, 0.25) is 0 Å². The Bertz CT molecular complexity index is 922. The number of nitrogens with one attached hydrogen (secondary N) is 3. The van der Waals surface area contributed by atoms with Crippen LogP contribution in [-0.4, -0.2) is 72.7 Å². The molecule has 4 N–H and O–H groups in total. The zero-order chi connectivity index (χ0) is 32.3. The molecule has 0 bridgehead atoms. The van der Waals surface area contributed by atoms with Gasteiger partial charge in [-0.3, -0.25) is 0 Å². The third kappa shape index (κ3) is 21.5. The van der Waals surface area contributed by atoms with Crippen LogP contribution in [0.5, 0.6) is 0 Å². The number of unbranched alkanes of at least 4 members (excludes halogenated alkanes) is 10. The van der Waals surface area contributed by atoms with Gasteiger partial charge in [-0.15, -0.1) is 0 Å². The molecule has 11 nitrogen and oxygen atoms in total. The summed E-state index contributed by atoms with van der Waals surface area (Å²) < 4.78 is 15.9. The fourth-order valence-corrected chi connectivity index (χ4v) is 5.14. The molecule has 1 rings (SSSR count). The van der Waals surface area contributed by atoms with E-state index in [1.54, 1.807) is 12.1 Å². The third-order valence-electron chi connectivity index (χ3n) is 6.66. The maximum atomic E-state index is 12.4. The molecule has 0 aliphatic rings. The van der Waals surface area contributed by atoms with E-state index < -0.39 is 36.4 Å². The molecule has 12 heteroatoms. The van der Waals surface area contributed by atoms with Crippen molar-refractivity contribution in [2.24, 2.45) is 0 Å². The van der Waals surface area contributed by atoms with E-state index in [4.69, 9.17) is 14.2 Å². The zero-order valence-corrected chi connectivity index (χ0v) is 27.3. The zero-order valence-electron chi connectivity index (χ0n) is 26.5. The van der Waals surface area contributed by atoms with Gasteiger partial charge in [-0.1, -0.05) is 108 Å². The Morgan fingerprint density at radius 3 is 1.89 bits per heavy atom. The molecule has 0 spiro atoms. The molecule has 0 aromatic heterocycles.